The average molecular weight is 271 g/mol. The highest BCUT2D eigenvalue weighted by Gasteiger charge is 2.14. The zero-order valence-corrected chi connectivity index (χ0v) is 9.91. The van der Waals surface area contributed by atoms with Crippen molar-refractivity contribution in [3.8, 4) is 5.75 Å². The van der Waals surface area contributed by atoms with E-state index in [1.165, 1.54) is 13.2 Å². The van der Waals surface area contributed by atoms with E-state index in [0.29, 0.717) is 0 Å². The van der Waals surface area contributed by atoms with Crippen LogP contribution in [0.1, 0.15) is 5.56 Å². The summed E-state index contributed by atoms with van der Waals surface area (Å²) in [5, 5.41) is 0. The predicted octanol–water partition coefficient (Wildman–Crippen LogP) is 2.08. The van der Waals surface area contributed by atoms with Crippen molar-refractivity contribution in [2.75, 3.05) is 12.9 Å². The van der Waals surface area contributed by atoms with Crippen LogP contribution in [0.5, 0.6) is 5.75 Å². The number of rotatable bonds is 4. The Labute approximate surface area is 96.4 Å². The molecule has 1 rings (SSSR count). The van der Waals surface area contributed by atoms with Crippen LogP contribution >= 0.6 is 10.7 Å². The molecule has 0 fully saturated rings. The Bertz CT molecular complexity index is 488. The van der Waals surface area contributed by atoms with Crippen LogP contribution in [0.25, 0.3) is 0 Å². The maximum absolute atomic E-state index is 13.2. The van der Waals surface area contributed by atoms with Gasteiger partial charge in [0.1, 0.15) is 5.75 Å². The summed E-state index contributed by atoms with van der Waals surface area (Å²) in [4.78, 5) is 0. The van der Waals surface area contributed by atoms with Crippen molar-refractivity contribution in [1.82, 2.24) is 0 Å². The third-order valence-electron chi connectivity index (χ3n) is 1.93. The Kier molecular flexibility index (Phi) is 4.09. The molecule has 0 aliphatic carbocycles. The maximum Gasteiger partial charge on any atom is 0.232 e. The normalized spacial score (nSPS) is 11.5. The lowest BCUT2D eigenvalue weighted by Crippen LogP contribution is -2.04. The molecule has 0 spiro atoms. The van der Waals surface area contributed by atoms with E-state index in [4.69, 9.17) is 15.4 Å². The van der Waals surface area contributed by atoms with Crippen LogP contribution in [0.4, 0.5) is 8.78 Å². The molecule has 1 aromatic rings. The summed E-state index contributed by atoms with van der Waals surface area (Å²) >= 11 is 0. The molecule has 0 saturated carbocycles. The Morgan fingerprint density at radius 3 is 2.50 bits per heavy atom. The molecule has 16 heavy (non-hydrogen) atoms. The van der Waals surface area contributed by atoms with Gasteiger partial charge in [-0.15, -0.1) is 0 Å². The molecule has 0 aliphatic rings. The van der Waals surface area contributed by atoms with E-state index >= 15 is 0 Å². The number of hydrogen-bond donors (Lipinski definition) is 0. The van der Waals surface area contributed by atoms with Crippen molar-refractivity contribution in [2.45, 2.75) is 6.42 Å². The van der Waals surface area contributed by atoms with E-state index in [-0.39, 0.29) is 17.7 Å². The molecule has 1 aromatic carbocycles. The predicted molar refractivity (Wildman–Crippen MR) is 56.3 cm³/mol. The van der Waals surface area contributed by atoms with Crippen LogP contribution in [0.2, 0.25) is 0 Å². The van der Waals surface area contributed by atoms with E-state index in [2.05, 4.69) is 0 Å². The first-order valence-electron chi connectivity index (χ1n) is 4.27. The van der Waals surface area contributed by atoms with Crippen molar-refractivity contribution < 1.29 is 21.9 Å². The second kappa shape index (κ2) is 4.97. The zero-order valence-electron chi connectivity index (χ0n) is 8.34. The van der Waals surface area contributed by atoms with Crippen molar-refractivity contribution in [2.24, 2.45) is 0 Å². The molecule has 0 aliphatic heterocycles. The Hall–Kier alpha value is -0.880. The monoisotopic (exact) mass is 270 g/mol. The molecule has 0 aromatic heterocycles. The minimum absolute atomic E-state index is 0.0823. The highest BCUT2D eigenvalue weighted by Crippen LogP contribution is 2.21. The smallest absolute Gasteiger partial charge is 0.232 e. The van der Waals surface area contributed by atoms with Crippen LogP contribution in [-0.4, -0.2) is 21.3 Å². The summed E-state index contributed by atoms with van der Waals surface area (Å²) in [7, 11) is 2.54. The van der Waals surface area contributed by atoms with Gasteiger partial charge < -0.3 is 4.74 Å². The largest absolute Gasteiger partial charge is 0.497 e. The van der Waals surface area contributed by atoms with Crippen LogP contribution in [0.15, 0.2) is 12.1 Å². The summed E-state index contributed by atoms with van der Waals surface area (Å²) in [6, 6.07) is 2.12. The van der Waals surface area contributed by atoms with E-state index < -0.39 is 26.4 Å². The molecular formula is C9H9ClF2O3S. The van der Waals surface area contributed by atoms with Crippen molar-refractivity contribution in [3.05, 3.63) is 29.3 Å². The maximum atomic E-state index is 13.2. The third kappa shape index (κ3) is 3.61. The van der Waals surface area contributed by atoms with E-state index in [1.807, 2.05) is 0 Å². The van der Waals surface area contributed by atoms with Gasteiger partial charge in [-0.05, 0) is 18.1 Å². The second-order valence-corrected chi connectivity index (χ2v) is 5.97. The second-order valence-electron chi connectivity index (χ2n) is 3.08. The van der Waals surface area contributed by atoms with Crippen molar-refractivity contribution in [1.29, 1.82) is 0 Å². The van der Waals surface area contributed by atoms with E-state index in [9.17, 15) is 17.2 Å². The number of halogens is 3. The molecule has 0 amide bonds. The molecule has 90 valence electrons. The van der Waals surface area contributed by atoms with Crippen LogP contribution in [-0.2, 0) is 15.5 Å². The average Bonchev–Trinajstić information content (AvgIpc) is 2.18. The summed E-state index contributed by atoms with van der Waals surface area (Å²) in [5.74, 6) is -2.50. The van der Waals surface area contributed by atoms with Gasteiger partial charge in [-0.3, -0.25) is 0 Å². The van der Waals surface area contributed by atoms with Crippen LogP contribution in [0.3, 0.4) is 0 Å². The Morgan fingerprint density at radius 2 is 2.00 bits per heavy atom. The van der Waals surface area contributed by atoms with Gasteiger partial charge in [-0.25, -0.2) is 17.2 Å². The van der Waals surface area contributed by atoms with Gasteiger partial charge >= 0.3 is 0 Å². The lowest BCUT2D eigenvalue weighted by atomic mass is 10.1. The lowest BCUT2D eigenvalue weighted by molar-refractivity contribution is 0.404. The molecule has 3 nitrogen and oxygen atoms in total. The number of hydrogen-bond acceptors (Lipinski definition) is 3. The first-order chi connectivity index (χ1) is 7.33. The van der Waals surface area contributed by atoms with Crippen molar-refractivity contribution in [3.63, 3.8) is 0 Å². The summed E-state index contributed by atoms with van der Waals surface area (Å²) in [6.45, 7) is 0. The van der Waals surface area contributed by atoms with E-state index in [0.717, 1.165) is 6.07 Å². The number of methoxy groups -OCH3 is 1. The lowest BCUT2D eigenvalue weighted by Gasteiger charge is -2.06. The highest BCUT2D eigenvalue weighted by molar-refractivity contribution is 8.13. The van der Waals surface area contributed by atoms with Gasteiger partial charge in [0.2, 0.25) is 9.05 Å². The minimum atomic E-state index is -3.73. The summed E-state index contributed by atoms with van der Waals surface area (Å²) in [6.07, 6.45) is -0.203. The van der Waals surface area contributed by atoms with Crippen molar-refractivity contribution >= 4 is 19.7 Å². The number of benzene rings is 1. The molecule has 0 radical (unpaired) electrons. The van der Waals surface area contributed by atoms with Gasteiger partial charge in [-0.1, -0.05) is 0 Å². The standard InChI is InChI=1S/C9H9ClF2O3S/c1-15-7-4-6(2-3-16(10,13)14)9(12)8(11)5-7/h4-5H,2-3H2,1H3. The SMILES string of the molecule is COc1cc(F)c(F)c(CCS(=O)(=O)Cl)c1. The topological polar surface area (TPSA) is 43.4 Å². The first kappa shape index (κ1) is 13.2. The molecule has 0 atom stereocenters. The van der Waals surface area contributed by atoms with Crippen LogP contribution in [0, 0.1) is 11.6 Å². The molecular weight excluding hydrogens is 262 g/mol. The van der Waals surface area contributed by atoms with Gasteiger partial charge in [-0.2, -0.15) is 0 Å². The number of ether oxygens (including phenoxy) is 1. The fraction of sp³-hybridized carbons (Fsp3) is 0.333. The molecule has 0 bridgehead atoms. The quantitative estimate of drug-likeness (QED) is 0.787. The molecule has 7 heteroatoms. The Balaban J connectivity index is 2.99. The van der Waals surface area contributed by atoms with Gasteiger partial charge in [0.25, 0.3) is 0 Å². The molecule has 0 saturated heterocycles. The van der Waals surface area contributed by atoms with Crippen LogP contribution < -0.4 is 4.74 Å². The summed E-state index contributed by atoms with van der Waals surface area (Å²) < 4.78 is 52.3. The molecule has 0 unspecified atom stereocenters. The summed E-state index contributed by atoms with van der Waals surface area (Å²) in [5.41, 5.74) is -0.0823. The minimum Gasteiger partial charge on any atom is -0.497 e. The fourth-order valence-corrected chi connectivity index (χ4v) is 1.85. The zero-order chi connectivity index (χ0) is 12.3. The number of aryl methyl sites for hydroxylation is 1. The van der Waals surface area contributed by atoms with Gasteiger partial charge in [0.15, 0.2) is 11.6 Å². The van der Waals surface area contributed by atoms with Gasteiger partial charge in [0.05, 0.1) is 12.9 Å². The fourth-order valence-electron chi connectivity index (χ4n) is 1.15. The third-order valence-corrected chi connectivity index (χ3v) is 3.08. The highest BCUT2D eigenvalue weighted by atomic mass is 35.7. The first-order valence-corrected chi connectivity index (χ1v) is 6.75. The molecule has 0 heterocycles. The molecule has 0 N–H and O–H groups in total. The van der Waals surface area contributed by atoms with E-state index in [1.54, 1.807) is 0 Å². The van der Waals surface area contributed by atoms with Gasteiger partial charge in [0, 0.05) is 16.7 Å². The Morgan fingerprint density at radius 1 is 1.38 bits per heavy atom.